The van der Waals surface area contributed by atoms with Gasteiger partial charge in [0.15, 0.2) is 24.8 Å². The number of azo groups is 1. The first-order chi connectivity index (χ1) is 14.3. The first-order valence-corrected chi connectivity index (χ1v) is 9.45. The van der Waals surface area contributed by atoms with Gasteiger partial charge in [-0.25, -0.2) is 4.57 Å². The Hall–Kier alpha value is -3.69. The Morgan fingerprint density at radius 3 is 2.23 bits per heavy atom. The van der Waals surface area contributed by atoms with Gasteiger partial charge in [0, 0.05) is 37.0 Å². The molecular formula is C20H25N6O4+. The maximum Gasteiger partial charge on any atom is 0.309 e. The Morgan fingerprint density at radius 1 is 1.03 bits per heavy atom. The van der Waals surface area contributed by atoms with Crippen LogP contribution in [-0.2, 0) is 22.7 Å². The van der Waals surface area contributed by atoms with Gasteiger partial charge in [-0.3, -0.25) is 9.59 Å². The van der Waals surface area contributed by atoms with Crippen LogP contribution in [0.3, 0.4) is 0 Å². The highest BCUT2D eigenvalue weighted by atomic mass is 16.4. The lowest BCUT2D eigenvalue weighted by Gasteiger charge is -2.03. The smallest absolute Gasteiger partial charge is 0.309 e. The third-order valence-corrected chi connectivity index (χ3v) is 3.97. The summed E-state index contributed by atoms with van der Waals surface area (Å²) in [5.74, 6) is -1.23. The zero-order valence-electron chi connectivity index (χ0n) is 16.9. The molecule has 0 saturated heterocycles. The van der Waals surface area contributed by atoms with Crippen molar-refractivity contribution < 1.29 is 24.4 Å². The van der Waals surface area contributed by atoms with Crippen LogP contribution in [0.2, 0.25) is 0 Å². The van der Waals surface area contributed by atoms with Crippen LogP contribution in [-0.4, -0.2) is 32.6 Å². The summed E-state index contributed by atoms with van der Waals surface area (Å²) < 4.78 is 3.52. The number of nitrogens with zero attached hydrogens (tertiary/aromatic N) is 6. The molecular weight excluding hydrogens is 388 g/mol. The van der Waals surface area contributed by atoms with E-state index in [0.717, 1.165) is 0 Å². The molecule has 0 aliphatic rings. The molecule has 0 spiro atoms. The third kappa shape index (κ3) is 8.13. The predicted octanol–water partition coefficient (Wildman–Crippen LogP) is 2.38. The van der Waals surface area contributed by atoms with Gasteiger partial charge in [-0.2, -0.15) is 0 Å². The average Bonchev–Trinajstić information content (AvgIpc) is 2.72. The molecule has 2 rings (SSSR count). The maximum atomic E-state index is 10.6. The minimum absolute atomic E-state index is 0.00549. The van der Waals surface area contributed by atoms with Crippen molar-refractivity contribution in [3.05, 3.63) is 54.4 Å². The fraction of sp³-hybridized carbons (Fsp3) is 0.350. The first-order valence-electron chi connectivity index (χ1n) is 9.45. The fourth-order valence-electron chi connectivity index (χ4n) is 2.25. The minimum atomic E-state index is -0.846. The number of hydrogen-bond donors (Lipinski definition) is 2. The molecule has 2 aromatic rings. The van der Waals surface area contributed by atoms with Crippen LogP contribution in [0, 0.1) is 5.92 Å². The SMILES string of the molecule is CC(C)C(N=Nc1cc[n+](CCC(=O)O)cc1)=NN=c1ccn(CCC(=O)O)cc1. The van der Waals surface area contributed by atoms with Gasteiger partial charge in [0.25, 0.3) is 0 Å². The summed E-state index contributed by atoms with van der Waals surface area (Å²) in [6, 6.07) is 6.97. The molecule has 0 fully saturated rings. The van der Waals surface area contributed by atoms with Crippen LogP contribution in [0.15, 0.2) is 69.5 Å². The number of hydrogen-bond acceptors (Lipinski definition) is 5. The lowest BCUT2D eigenvalue weighted by Crippen LogP contribution is -2.33. The van der Waals surface area contributed by atoms with Crippen molar-refractivity contribution >= 4 is 23.5 Å². The van der Waals surface area contributed by atoms with Crippen molar-refractivity contribution in [2.45, 2.75) is 39.8 Å². The number of carbonyl (C=O) groups is 2. The van der Waals surface area contributed by atoms with Gasteiger partial charge in [0.05, 0.1) is 17.5 Å². The molecule has 158 valence electrons. The van der Waals surface area contributed by atoms with E-state index in [9.17, 15) is 9.59 Å². The summed E-state index contributed by atoms with van der Waals surface area (Å²) in [5, 5.41) is 34.8. The van der Waals surface area contributed by atoms with Gasteiger partial charge >= 0.3 is 11.9 Å². The van der Waals surface area contributed by atoms with E-state index < -0.39 is 11.9 Å². The zero-order valence-corrected chi connectivity index (χ0v) is 16.9. The Bertz CT molecular complexity index is 973. The number of aryl methyl sites for hydroxylation is 2. The molecule has 0 saturated carbocycles. The molecule has 0 bridgehead atoms. The number of carboxylic acid groups (broad SMARTS) is 2. The van der Waals surface area contributed by atoms with E-state index in [1.807, 2.05) is 13.8 Å². The molecule has 2 aromatic heterocycles. The van der Waals surface area contributed by atoms with E-state index in [0.29, 0.717) is 30.0 Å². The highest BCUT2D eigenvalue weighted by Crippen LogP contribution is 2.10. The largest absolute Gasteiger partial charge is 0.481 e. The molecule has 0 aromatic carbocycles. The predicted molar refractivity (Wildman–Crippen MR) is 108 cm³/mol. The second-order valence-corrected chi connectivity index (χ2v) is 6.79. The summed E-state index contributed by atoms with van der Waals surface area (Å²) in [6.45, 7) is 4.64. The van der Waals surface area contributed by atoms with Gasteiger partial charge in [-0.15, -0.1) is 20.4 Å². The molecule has 2 N–H and O–H groups in total. The minimum Gasteiger partial charge on any atom is -0.481 e. The number of aliphatic carboxylic acids is 2. The zero-order chi connectivity index (χ0) is 21.9. The number of aromatic nitrogens is 2. The van der Waals surface area contributed by atoms with Crippen molar-refractivity contribution in [1.29, 1.82) is 0 Å². The van der Waals surface area contributed by atoms with Gasteiger partial charge < -0.3 is 14.8 Å². The maximum absolute atomic E-state index is 10.6. The van der Waals surface area contributed by atoms with E-state index in [-0.39, 0.29) is 18.8 Å². The van der Waals surface area contributed by atoms with E-state index in [1.54, 1.807) is 58.2 Å². The Morgan fingerprint density at radius 2 is 1.67 bits per heavy atom. The standard InChI is InChI=1S/C20H24N6O4/c1-15(2)20(23-21-16-3-9-25(10-4-16)13-7-18(27)28)24-22-17-5-11-26(12-6-17)14-8-19(29)30/h3-6,9-12,15H,7-8,13-14H2,1-2H3,(H-,27,28,29,30)/p+1. The van der Waals surface area contributed by atoms with Crippen molar-refractivity contribution in [2.24, 2.45) is 26.3 Å². The van der Waals surface area contributed by atoms with Crippen LogP contribution in [0.4, 0.5) is 5.69 Å². The number of rotatable bonds is 9. The van der Waals surface area contributed by atoms with Gasteiger partial charge in [0.2, 0.25) is 0 Å². The monoisotopic (exact) mass is 413 g/mol. The van der Waals surface area contributed by atoms with Crippen LogP contribution < -0.4 is 9.92 Å². The van der Waals surface area contributed by atoms with E-state index >= 15 is 0 Å². The van der Waals surface area contributed by atoms with Crippen molar-refractivity contribution in [2.75, 3.05) is 0 Å². The molecule has 0 radical (unpaired) electrons. The first kappa shape index (κ1) is 22.6. The van der Waals surface area contributed by atoms with E-state index in [4.69, 9.17) is 10.2 Å². The summed E-state index contributed by atoms with van der Waals surface area (Å²) in [4.78, 5) is 21.2. The summed E-state index contributed by atoms with van der Waals surface area (Å²) >= 11 is 0. The molecule has 10 heteroatoms. The highest BCUT2D eigenvalue weighted by Gasteiger charge is 2.06. The Kier molecular flexibility index (Phi) is 8.55. The van der Waals surface area contributed by atoms with Crippen molar-refractivity contribution in [3.63, 3.8) is 0 Å². The summed E-state index contributed by atoms with van der Waals surface area (Å²) in [6.07, 6.45) is 7.09. The van der Waals surface area contributed by atoms with Gasteiger partial charge in [-0.1, -0.05) is 13.8 Å². The Balaban J connectivity index is 2.07. The van der Waals surface area contributed by atoms with Crippen molar-refractivity contribution in [3.8, 4) is 0 Å². The van der Waals surface area contributed by atoms with Crippen LogP contribution in [0.1, 0.15) is 26.7 Å². The summed E-state index contributed by atoms with van der Waals surface area (Å²) in [7, 11) is 0. The number of pyridine rings is 2. The van der Waals surface area contributed by atoms with Crippen LogP contribution in [0.5, 0.6) is 0 Å². The lowest BCUT2D eigenvalue weighted by atomic mass is 10.2. The second-order valence-electron chi connectivity index (χ2n) is 6.79. The fourth-order valence-corrected chi connectivity index (χ4v) is 2.25. The molecule has 0 atom stereocenters. The molecule has 0 aliphatic carbocycles. The van der Waals surface area contributed by atoms with Gasteiger partial charge in [-0.05, 0) is 12.1 Å². The quantitative estimate of drug-likeness (QED) is 0.215. The molecule has 0 amide bonds. The van der Waals surface area contributed by atoms with Crippen molar-refractivity contribution in [1.82, 2.24) is 4.57 Å². The molecule has 2 heterocycles. The van der Waals surface area contributed by atoms with Gasteiger partial charge in [0.1, 0.15) is 6.42 Å². The Labute approximate surface area is 173 Å². The number of amidine groups is 1. The molecule has 10 nitrogen and oxygen atoms in total. The molecule has 30 heavy (non-hydrogen) atoms. The van der Waals surface area contributed by atoms with Crippen LogP contribution >= 0.6 is 0 Å². The molecule has 0 aliphatic heterocycles. The normalized spacial score (nSPS) is 11.8. The van der Waals surface area contributed by atoms with Crippen LogP contribution in [0.25, 0.3) is 0 Å². The highest BCUT2D eigenvalue weighted by molar-refractivity contribution is 5.84. The molecule has 0 unspecified atom stereocenters. The third-order valence-electron chi connectivity index (χ3n) is 3.97. The lowest BCUT2D eigenvalue weighted by molar-refractivity contribution is -0.695. The average molecular weight is 413 g/mol. The second kappa shape index (κ2) is 11.3. The summed E-state index contributed by atoms with van der Waals surface area (Å²) in [5.41, 5.74) is 0.620. The topological polar surface area (TPSA) is 133 Å². The van der Waals surface area contributed by atoms with E-state index in [2.05, 4.69) is 20.4 Å². The number of carboxylic acids is 2. The van der Waals surface area contributed by atoms with E-state index in [1.165, 1.54) is 0 Å².